The van der Waals surface area contributed by atoms with Crippen LogP contribution in [0.25, 0.3) is 0 Å². The second-order valence-electron chi connectivity index (χ2n) is 1.89. The summed E-state index contributed by atoms with van der Waals surface area (Å²) in [5.41, 5.74) is 3.91. The third-order valence-electron chi connectivity index (χ3n) is 1.33. The van der Waals surface area contributed by atoms with Gasteiger partial charge >= 0.3 is 0 Å². The van der Waals surface area contributed by atoms with Crippen molar-refractivity contribution >= 4 is 5.97 Å². The summed E-state index contributed by atoms with van der Waals surface area (Å²) in [6.45, 7) is 4.94. The molecule has 9 heavy (non-hydrogen) atoms. The van der Waals surface area contributed by atoms with Gasteiger partial charge in [0.25, 0.3) is 0 Å². The zero-order valence-corrected chi connectivity index (χ0v) is 5.39. The van der Waals surface area contributed by atoms with Crippen LogP contribution in [0.2, 0.25) is 0 Å². The number of carboxylic acid groups (broad SMARTS) is 1. The van der Waals surface area contributed by atoms with E-state index in [1.54, 1.807) is 6.92 Å². The Morgan fingerprint density at radius 1 is 2.00 bits per heavy atom. The van der Waals surface area contributed by atoms with Crippen molar-refractivity contribution < 1.29 is 9.90 Å². The Balaban J connectivity index is 4.27. The number of carbonyl (C=O) groups excluding carboxylic acids is 1. The SMILES string of the molecule is C=C[C@](N)(CC)C(=O)[O-]. The molecule has 0 aromatic rings. The minimum absolute atomic E-state index is 0.304. The van der Waals surface area contributed by atoms with E-state index in [-0.39, 0.29) is 0 Å². The maximum atomic E-state index is 10.2. The Morgan fingerprint density at radius 3 is 2.44 bits per heavy atom. The Bertz CT molecular complexity index is 133. The van der Waals surface area contributed by atoms with Crippen molar-refractivity contribution in [1.82, 2.24) is 0 Å². The number of carboxylic acids is 1. The van der Waals surface area contributed by atoms with E-state index in [4.69, 9.17) is 5.73 Å². The highest BCUT2D eigenvalue weighted by Crippen LogP contribution is 2.04. The first-order chi connectivity index (χ1) is 4.06. The molecule has 2 N–H and O–H groups in total. The molecule has 0 aromatic carbocycles. The molecular weight excluding hydrogens is 118 g/mol. The molecule has 0 aliphatic carbocycles. The van der Waals surface area contributed by atoms with Crippen molar-refractivity contribution in [3.63, 3.8) is 0 Å². The highest BCUT2D eigenvalue weighted by Gasteiger charge is 2.18. The molecule has 3 nitrogen and oxygen atoms in total. The predicted octanol–water partition coefficient (Wildman–Crippen LogP) is -0.970. The van der Waals surface area contributed by atoms with E-state index in [1.165, 1.54) is 6.08 Å². The van der Waals surface area contributed by atoms with E-state index in [0.717, 1.165) is 0 Å². The predicted molar refractivity (Wildman–Crippen MR) is 32.4 cm³/mol. The van der Waals surface area contributed by atoms with Crippen LogP contribution in [0.5, 0.6) is 0 Å². The second kappa shape index (κ2) is 2.64. The van der Waals surface area contributed by atoms with Crippen molar-refractivity contribution in [2.75, 3.05) is 0 Å². The molecule has 0 amide bonds. The van der Waals surface area contributed by atoms with E-state index in [9.17, 15) is 9.90 Å². The molecule has 0 saturated heterocycles. The van der Waals surface area contributed by atoms with E-state index in [2.05, 4.69) is 6.58 Å². The minimum Gasteiger partial charge on any atom is -0.548 e. The van der Waals surface area contributed by atoms with Gasteiger partial charge < -0.3 is 15.6 Å². The van der Waals surface area contributed by atoms with Gasteiger partial charge in [-0.1, -0.05) is 13.0 Å². The number of hydrogen-bond acceptors (Lipinski definition) is 3. The van der Waals surface area contributed by atoms with Gasteiger partial charge in [-0.25, -0.2) is 0 Å². The molecule has 0 aliphatic heterocycles. The smallest absolute Gasteiger partial charge is 0.0736 e. The van der Waals surface area contributed by atoms with Crippen molar-refractivity contribution in [3.05, 3.63) is 12.7 Å². The molecule has 0 spiro atoms. The zero-order valence-electron chi connectivity index (χ0n) is 5.39. The lowest BCUT2D eigenvalue weighted by Gasteiger charge is -2.24. The molecule has 1 atom stereocenters. The normalized spacial score (nSPS) is 16.2. The van der Waals surface area contributed by atoms with Crippen LogP contribution in [-0.4, -0.2) is 11.5 Å². The average molecular weight is 128 g/mol. The monoisotopic (exact) mass is 128 g/mol. The van der Waals surface area contributed by atoms with Crippen LogP contribution < -0.4 is 10.8 Å². The summed E-state index contributed by atoms with van der Waals surface area (Å²) in [5, 5.41) is 10.2. The van der Waals surface area contributed by atoms with Crippen LogP contribution in [-0.2, 0) is 4.79 Å². The Morgan fingerprint density at radius 2 is 2.44 bits per heavy atom. The van der Waals surface area contributed by atoms with Gasteiger partial charge in [0, 0.05) is 0 Å². The maximum Gasteiger partial charge on any atom is 0.0736 e. The summed E-state index contributed by atoms with van der Waals surface area (Å²) in [6.07, 6.45) is 1.49. The van der Waals surface area contributed by atoms with Gasteiger partial charge in [-0.05, 0) is 6.42 Å². The molecule has 0 saturated carbocycles. The molecule has 0 aromatic heterocycles. The highest BCUT2D eigenvalue weighted by atomic mass is 16.4. The van der Waals surface area contributed by atoms with Gasteiger partial charge in [0.1, 0.15) is 0 Å². The van der Waals surface area contributed by atoms with E-state index >= 15 is 0 Å². The molecule has 0 radical (unpaired) electrons. The Kier molecular flexibility index (Phi) is 2.40. The fourth-order valence-electron chi connectivity index (χ4n) is 0.372. The highest BCUT2D eigenvalue weighted by molar-refractivity contribution is 5.78. The number of nitrogens with two attached hydrogens (primary N) is 1. The summed E-state index contributed by atoms with van der Waals surface area (Å²) in [6, 6.07) is 0. The van der Waals surface area contributed by atoms with Crippen molar-refractivity contribution in [3.8, 4) is 0 Å². The summed E-state index contributed by atoms with van der Waals surface area (Å²) < 4.78 is 0. The largest absolute Gasteiger partial charge is 0.548 e. The summed E-state index contributed by atoms with van der Waals surface area (Å²) in [4.78, 5) is 10.2. The van der Waals surface area contributed by atoms with E-state index in [0.29, 0.717) is 6.42 Å². The Labute approximate surface area is 54.2 Å². The molecule has 0 aliphatic rings. The fourth-order valence-corrected chi connectivity index (χ4v) is 0.372. The fraction of sp³-hybridized carbons (Fsp3) is 0.500. The molecule has 0 bridgehead atoms. The van der Waals surface area contributed by atoms with Crippen LogP contribution in [0.3, 0.4) is 0 Å². The standard InChI is InChI=1S/C6H11NO2/c1-3-6(7,4-2)5(8)9/h3H,1,4,7H2,2H3,(H,8,9)/p-1/t6-/m0/s1. The van der Waals surface area contributed by atoms with Gasteiger partial charge in [0.05, 0.1) is 11.5 Å². The van der Waals surface area contributed by atoms with Crippen molar-refractivity contribution in [2.45, 2.75) is 18.9 Å². The third-order valence-corrected chi connectivity index (χ3v) is 1.33. The molecule has 0 heterocycles. The van der Waals surface area contributed by atoms with E-state index < -0.39 is 11.5 Å². The van der Waals surface area contributed by atoms with Crippen LogP contribution in [0.1, 0.15) is 13.3 Å². The first-order valence-electron chi connectivity index (χ1n) is 2.70. The number of carbonyl (C=O) groups is 1. The number of rotatable bonds is 3. The molecule has 0 rings (SSSR count). The average Bonchev–Trinajstić information content (AvgIpc) is 1.86. The molecule has 0 fully saturated rings. The minimum atomic E-state index is -1.35. The zero-order chi connectivity index (χ0) is 7.49. The molecule has 52 valence electrons. The van der Waals surface area contributed by atoms with Gasteiger partial charge in [-0.2, -0.15) is 0 Å². The van der Waals surface area contributed by atoms with Crippen LogP contribution >= 0.6 is 0 Å². The van der Waals surface area contributed by atoms with Gasteiger partial charge in [-0.3, -0.25) is 0 Å². The lowest BCUT2D eigenvalue weighted by atomic mass is 9.99. The maximum absolute atomic E-state index is 10.2. The topological polar surface area (TPSA) is 66.2 Å². The van der Waals surface area contributed by atoms with Crippen molar-refractivity contribution in [1.29, 1.82) is 0 Å². The first-order valence-corrected chi connectivity index (χ1v) is 2.70. The first kappa shape index (κ1) is 8.17. The lowest BCUT2D eigenvalue weighted by Crippen LogP contribution is -2.53. The third kappa shape index (κ3) is 1.54. The van der Waals surface area contributed by atoms with Gasteiger partial charge in [-0.15, -0.1) is 6.58 Å². The summed E-state index contributed by atoms with van der Waals surface area (Å²) >= 11 is 0. The Hall–Kier alpha value is -0.830. The van der Waals surface area contributed by atoms with Crippen LogP contribution in [0.4, 0.5) is 0 Å². The second-order valence-corrected chi connectivity index (χ2v) is 1.89. The quantitative estimate of drug-likeness (QED) is 0.497. The van der Waals surface area contributed by atoms with Crippen LogP contribution in [0, 0.1) is 0 Å². The molecule has 0 unspecified atom stereocenters. The van der Waals surface area contributed by atoms with Crippen molar-refractivity contribution in [2.24, 2.45) is 5.73 Å². The van der Waals surface area contributed by atoms with Crippen LogP contribution in [0.15, 0.2) is 12.7 Å². The lowest BCUT2D eigenvalue weighted by molar-refractivity contribution is -0.311. The van der Waals surface area contributed by atoms with Gasteiger partial charge in [0.2, 0.25) is 0 Å². The molecular formula is C6H10NO2-. The van der Waals surface area contributed by atoms with Gasteiger partial charge in [0.15, 0.2) is 0 Å². The molecule has 3 heteroatoms. The summed E-state index contributed by atoms with van der Waals surface area (Å²) in [5.74, 6) is -1.28. The van der Waals surface area contributed by atoms with E-state index in [1.807, 2.05) is 0 Å². The number of hydrogen-bond donors (Lipinski definition) is 1. The number of aliphatic carboxylic acids is 1. The summed E-state index contributed by atoms with van der Waals surface area (Å²) in [7, 11) is 0.